The first-order chi connectivity index (χ1) is 10.0. The van der Waals surface area contributed by atoms with Crippen LogP contribution in [-0.4, -0.2) is 33.4 Å². The second-order valence-corrected chi connectivity index (χ2v) is 5.41. The van der Waals surface area contributed by atoms with E-state index in [9.17, 15) is 4.39 Å². The molecule has 0 bridgehead atoms. The summed E-state index contributed by atoms with van der Waals surface area (Å²) in [5.41, 5.74) is 2.81. The summed E-state index contributed by atoms with van der Waals surface area (Å²) < 4.78 is 19.2. The molecule has 4 heteroatoms. The number of ether oxygens (including phenoxy) is 1. The van der Waals surface area contributed by atoms with Crippen molar-refractivity contribution >= 4 is 5.69 Å². The van der Waals surface area contributed by atoms with Crippen LogP contribution in [0.25, 0.3) is 0 Å². The zero-order chi connectivity index (χ0) is 15.8. The van der Waals surface area contributed by atoms with Gasteiger partial charge in [0.2, 0.25) is 0 Å². The number of nitrogens with one attached hydrogen (secondary N) is 1. The van der Waals surface area contributed by atoms with Crippen molar-refractivity contribution in [3.05, 3.63) is 29.1 Å². The van der Waals surface area contributed by atoms with Gasteiger partial charge < -0.3 is 15.0 Å². The van der Waals surface area contributed by atoms with Crippen molar-refractivity contribution in [1.29, 1.82) is 0 Å². The molecule has 1 N–H and O–H groups in total. The lowest BCUT2D eigenvalue weighted by atomic mass is 10.0. The maximum atomic E-state index is 14.0. The summed E-state index contributed by atoms with van der Waals surface area (Å²) in [6.45, 7) is 11.4. The van der Waals surface area contributed by atoms with E-state index in [1.165, 1.54) is 0 Å². The summed E-state index contributed by atoms with van der Waals surface area (Å²) in [5, 5.41) is 3.45. The summed E-state index contributed by atoms with van der Waals surface area (Å²) in [6, 6.07) is 3.76. The van der Waals surface area contributed by atoms with Crippen molar-refractivity contribution in [2.45, 2.75) is 40.2 Å². The largest absolute Gasteiger partial charge is 0.383 e. The number of rotatable bonds is 9. The zero-order valence-electron chi connectivity index (χ0n) is 14.0. The van der Waals surface area contributed by atoms with Gasteiger partial charge in [0.1, 0.15) is 5.82 Å². The van der Waals surface area contributed by atoms with Crippen LogP contribution in [0.1, 0.15) is 44.4 Å². The Labute approximate surface area is 128 Å². The molecule has 1 atom stereocenters. The Kier molecular flexibility index (Phi) is 7.68. The van der Waals surface area contributed by atoms with Gasteiger partial charge in [0.15, 0.2) is 0 Å². The van der Waals surface area contributed by atoms with Gasteiger partial charge in [0.25, 0.3) is 0 Å². The fourth-order valence-corrected chi connectivity index (χ4v) is 2.42. The Morgan fingerprint density at radius 1 is 1.33 bits per heavy atom. The molecule has 0 radical (unpaired) electrons. The first-order valence-corrected chi connectivity index (χ1v) is 7.82. The van der Waals surface area contributed by atoms with E-state index in [0.717, 1.165) is 37.3 Å². The molecule has 0 spiro atoms. The maximum absolute atomic E-state index is 14.0. The van der Waals surface area contributed by atoms with E-state index in [4.69, 9.17) is 4.74 Å². The third kappa shape index (κ3) is 4.97. The van der Waals surface area contributed by atoms with Gasteiger partial charge in [-0.1, -0.05) is 6.92 Å². The van der Waals surface area contributed by atoms with Gasteiger partial charge in [-0.05, 0) is 57.0 Å². The standard InChI is InChI=1S/C17H29FN2O/c1-6-8-19-14(4)15-12-16(18)13(3)11-17(15)20(7-2)9-10-21-5/h11-12,14,19H,6-10H2,1-5H3. The highest BCUT2D eigenvalue weighted by Crippen LogP contribution is 2.29. The number of benzene rings is 1. The minimum Gasteiger partial charge on any atom is -0.383 e. The molecule has 3 nitrogen and oxygen atoms in total. The van der Waals surface area contributed by atoms with Gasteiger partial charge in [-0.25, -0.2) is 4.39 Å². The first-order valence-electron chi connectivity index (χ1n) is 7.82. The topological polar surface area (TPSA) is 24.5 Å². The zero-order valence-corrected chi connectivity index (χ0v) is 14.0. The van der Waals surface area contributed by atoms with Gasteiger partial charge in [-0.2, -0.15) is 0 Å². The van der Waals surface area contributed by atoms with Crippen LogP contribution in [0.15, 0.2) is 12.1 Å². The van der Waals surface area contributed by atoms with Crippen molar-refractivity contribution < 1.29 is 9.13 Å². The molecule has 1 aromatic carbocycles. The highest BCUT2D eigenvalue weighted by molar-refractivity contribution is 5.57. The van der Waals surface area contributed by atoms with Crippen molar-refractivity contribution in [2.24, 2.45) is 0 Å². The average molecular weight is 296 g/mol. The lowest BCUT2D eigenvalue weighted by molar-refractivity contribution is 0.205. The quantitative estimate of drug-likeness (QED) is 0.752. The van der Waals surface area contributed by atoms with E-state index < -0.39 is 0 Å². The number of likely N-dealkylation sites (N-methyl/N-ethyl adjacent to an activating group) is 1. The molecule has 21 heavy (non-hydrogen) atoms. The van der Waals surface area contributed by atoms with Crippen LogP contribution in [0.2, 0.25) is 0 Å². The lowest BCUT2D eigenvalue weighted by Crippen LogP contribution is -2.30. The van der Waals surface area contributed by atoms with Crippen LogP contribution in [0.4, 0.5) is 10.1 Å². The molecule has 1 rings (SSSR count). The monoisotopic (exact) mass is 296 g/mol. The van der Waals surface area contributed by atoms with Crippen molar-refractivity contribution in [3.8, 4) is 0 Å². The summed E-state index contributed by atoms with van der Waals surface area (Å²) in [7, 11) is 1.70. The normalized spacial score (nSPS) is 12.5. The molecule has 0 amide bonds. The molecule has 0 aromatic heterocycles. The van der Waals surface area contributed by atoms with Gasteiger partial charge in [-0.3, -0.25) is 0 Å². The van der Waals surface area contributed by atoms with E-state index >= 15 is 0 Å². The molecule has 0 saturated heterocycles. The number of anilines is 1. The maximum Gasteiger partial charge on any atom is 0.126 e. The number of halogens is 1. The summed E-state index contributed by atoms with van der Waals surface area (Å²) in [4.78, 5) is 2.25. The Morgan fingerprint density at radius 3 is 2.62 bits per heavy atom. The van der Waals surface area contributed by atoms with Crippen LogP contribution < -0.4 is 10.2 Å². The van der Waals surface area contributed by atoms with Crippen molar-refractivity contribution in [1.82, 2.24) is 5.32 Å². The van der Waals surface area contributed by atoms with Crippen LogP contribution >= 0.6 is 0 Å². The van der Waals surface area contributed by atoms with E-state index in [-0.39, 0.29) is 11.9 Å². The second-order valence-electron chi connectivity index (χ2n) is 5.41. The average Bonchev–Trinajstić information content (AvgIpc) is 2.48. The second kappa shape index (κ2) is 9.00. The highest BCUT2D eigenvalue weighted by Gasteiger charge is 2.17. The molecular formula is C17H29FN2O. The molecule has 1 aromatic rings. The fourth-order valence-electron chi connectivity index (χ4n) is 2.42. The highest BCUT2D eigenvalue weighted by atomic mass is 19.1. The molecule has 120 valence electrons. The van der Waals surface area contributed by atoms with Crippen LogP contribution in [0.5, 0.6) is 0 Å². The molecule has 0 aliphatic heterocycles. The van der Waals surface area contributed by atoms with E-state index in [1.807, 2.05) is 13.0 Å². The van der Waals surface area contributed by atoms with Gasteiger partial charge in [0.05, 0.1) is 6.61 Å². The predicted octanol–water partition coefficient (Wildman–Crippen LogP) is 3.67. The van der Waals surface area contributed by atoms with Gasteiger partial charge in [-0.15, -0.1) is 0 Å². The lowest BCUT2D eigenvalue weighted by Gasteiger charge is -2.28. The Balaban J connectivity index is 3.11. The van der Waals surface area contributed by atoms with Crippen molar-refractivity contribution in [2.75, 3.05) is 38.3 Å². The van der Waals surface area contributed by atoms with E-state index in [1.54, 1.807) is 13.2 Å². The SMILES string of the molecule is CCCNC(C)c1cc(F)c(C)cc1N(CC)CCOC. The number of nitrogens with zero attached hydrogens (tertiary/aromatic N) is 1. The third-order valence-corrected chi connectivity index (χ3v) is 3.76. The number of aryl methyl sites for hydroxylation is 1. The van der Waals surface area contributed by atoms with E-state index in [2.05, 4.69) is 31.0 Å². The molecule has 0 heterocycles. The van der Waals surface area contributed by atoms with E-state index in [0.29, 0.717) is 12.2 Å². The Bertz CT molecular complexity index is 437. The molecule has 0 aliphatic rings. The molecule has 0 aliphatic carbocycles. The number of methoxy groups -OCH3 is 1. The molecular weight excluding hydrogens is 267 g/mol. The van der Waals surface area contributed by atoms with Gasteiger partial charge in [0, 0.05) is 31.9 Å². The van der Waals surface area contributed by atoms with Crippen LogP contribution in [-0.2, 0) is 4.74 Å². The third-order valence-electron chi connectivity index (χ3n) is 3.76. The van der Waals surface area contributed by atoms with Crippen LogP contribution in [0.3, 0.4) is 0 Å². The fraction of sp³-hybridized carbons (Fsp3) is 0.647. The smallest absolute Gasteiger partial charge is 0.126 e. The first kappa shape index (κ1) is 17.9. The summed E-state index contributed by atoms with van der Waals surface area (Å²) in [6.07, 6.45) is 1.06. The molecule has 1 unspecified atom stereocenters. The number of hydrogen-bond donors (Lipinski definition) is 1. The molecule has 0 saturated carbocycles. The summed E-state index contributed by atoms with van der Waals surface area (Å²) >= 11 is 0. The minimum atomic E-state index is -0.137. The summed E-state index contributed by atoms with van der Waals surface area (Å²) in [5.74, 6) is -0.137. The van der Waals surface area contributed by atoms with Crippen LogP contribution in [0, 0.1) is 12.7 Å². The van der Waals surface area contributed by atoms with Crippen molar-refractivity contribution in [3.63, 3.8) is 0 Å². The van der Waals surface area contributed by atoms with Gasteiger partial charge >= 0.3 is 0 Å². The predicted molar refractivity (Wildman–Crippen MR) is 87.6 cm³/mol. The number of hydrogen-bond acceptors (Lipinski definition) is 3. The minimum absolute atomic E-state index is 0.131. The Hall–Kier alpha value is -1.13. The Morgan fingerprint density at radius 2 is 2.05 bits per heavy atom. The molecule has 0 fully saturated rings.